The van der Waals surface area contributed by atoms with Gasteiger partial charge in [0.2, 0.25) is 0 Å². The molecule has 0 aliphatic carbocycles. The molecule has 0 aliphatic heterocycles. The van der Waals surface area contributed by atoms with Crippen LogP contribution >= 0.6 is 0 Å². The molecule has 1 unspecified atom stereocenters. The zero-order valence-corrected chi connectivity index (χ0v) is 11.3. The van der Waals surface area contributed by atoms with Crippen molar-refractivity contribution in [1.82, 2.24) is 0 Å². The summed E-state index contributed by atoms with van der Waals surface area (Å²) in [5.41, 5.74) is 6.25. The first-order valence-corrected chi connectivity index (χ1v) is 6.48. The quantitative estimate of drug-likeness (QED) is 0.838. The smallest absolute Gasteiger partial charge is 0.165 e. The molecule has 0 heterocycles. The van der Waals surface area contributed by atoms with Crippen LogP contribution < -0.4 is 10.5 Å². The number of ether oxygens (including phenoxy) is 1. The van der Waals surface area contributed by atoms with Gasteiger partial charge in [-0.15, -0.1) is 0 Å². The van der Waals surface area contributed by atoms with Gasteiger partial charge in [-0.1, -0.05) is 25.1 Å². The first-order valence-electron chi connectivity index (χ1n) is 6.48. The van der Waals surface area contributed by atoms with E-state index < -0.39 is 0 Å². The van der Waals surface area contributed by atoms with Crippen LogP contribution in [0.5, 0.6) is 5.75 Å². The van der Waals surface area contributed by atoms with Crippen molar-refractivity contribution < 1.29 is 9.53 Å². The van der Waals surface area contributed by atoms with Gasteiger partial charge in [-0.05, 0) is 41.9 Å². The maximum absolute atomic E-state index is 12.2. The number of carbonyl (C=O) groups excluding carboxylic acids is 1. The molecule has 3 heteroatoms. The average molecular weight is 257 g/mol. The van der Waals surface area contributed by atoms with Crippen LogP contribution in [0.4, 0.5) is 0 Å². The summed E-state index contributed by atoms with van der Waals surface area (Å²) in [5.74, 6) is 0.951. The predicted octanol–water partition coefficient (Wildman–Crippen LogP) is 3.02. The molecule has 0 bridgehead atoms. The van der Waals surface area contributed by atoms with Crippen molar-refractivity contribution in [1.29, 1.82) is 0 Å². The summed E-state index contributed by atoms with van der Waals surface area (Å²) in [6.07, 6.45) is 0.722. The van der Waals surface area contributed by atoms with E-state index in [0.717, 1.165) is 28.5 Å². The summed E-state index contributed by atoms with van der Waals surface area (Å²) < 4.78 is 5.19. The molecule has 2 rings (SSSR count). The van der Waals surface area contributed by atoms with E-state index in [1.54, 1.807) is 7.11 Å². The van der Waals surface area contributed by atoms with Gasteiger partial charge in [0.1, 0.15) is 5.75 Å². The Labute approximate surface area is 113 Å². The van der Waals surface area contributed by atoms with Crippen LogP contribution in [0.2, 0.25) is 0 Å². The van der Waals surface area contributed by atoms with Crippen LogP contribution in [0.3, 0.4) is 0 Å². The van der Waals surface area contributed by atoms with Crippen molar-refractivity contribution in [2.45, 2.75) is 13.3 Å². The molecule has 0 aliphatic rings. The van der Waals surface area contributed by atoms with Gasteiger partial charge in [0, 0.05) is 11.5 Å². The number of methoxy groups -OCH3 is 1. The van der Waals surface area contributed by atoms with E-state index in [9.17, 15) is 4.79 Å². The number of carbonyl (C=O) groups is 1. The van der Waals surface area contributed by atoms with Crippen molar-refractivity contribution in [3.8, 4) is 5.75 Å². The summed E-state index contributed by atoms with van der Waals surface area (Å²) in [6, 6.07) is 11.6. The lowest BCUT2D eigenvalue weighted by Crippen LogP contribution is -2.15. The van der Waals surface area contributed by atoms with E-state index >= 15 is 0 Å². The van der Waals surface area contributed by atoms with Gasteiger partial charge in [-0.25, -0.2) is 0 Å². The zero-order valence-electron chi connectivity index (χ0n) is 11.3. The lowest BCUT2D eigenvalue weighted by molar-refractivity contribution is 0.0925. The Morgan fingerprint density at radius 2 is 1.89 bits per heavy atom. The zero-order chi connectivity index (χ0) is 13.8. The van der Waals surface area contributed by atoms with Gasteiger partial charge in [0.25, 0.3) is 0 Å². The Morgan fingerprint density at radius 3 is 2.58 bits per heavy atom. The van der Waals surface area contributed by atoms with Gasteiger partial charge in [-0.3, -0.25) is 4.79 Å². The first kappa shape index (κ1) is 13.6. The average Bonchev–Trinajstić information content (AvgIpc) is 2.45. The summed E-state index contributed by atoms with van der Waals surface area (Å²) >= 11 is 0. The largest absolute Gasteiger partial charge is 0.497 e. The van der Waals surface area contributed by atoms with Crippen LogP contribution in [0.15, 0.2) is 36.4 Å². The SMILES string of the molecule is COc1ccc2cc(C(=O)C(C)CCN)ccc2c1. The molecule has 100 valence electrons. The Balaban J connectivity index is 2.34. The van der Waals surface area contributed by atoms with Gasteiger partial charge in [0.05, 0.1) is 7.11 Å². The lowest BCUT2D eigenvalue weighted by Gasteiger charge is -2.10. The monoisotopic (exact) mass is 257 g/mol. The Kier molecular flexibility index (Phi) is 4.17. The third-order valence-electron chi connectivity index (χ3n) is 3.38. The molecular weight excluding hydrogens is 238 g/mol. The van der Waals surface area contributed by atoms with Crippen molar-refractivity contribution in [3.63, 3.8) is 0 Å². The first-order chi connectivity index (χ1) is 9.15. The van der Waals surface area contributed by atoms with Crippen LogP contribution in [0, 0.1) is 5.92 Å². The number of rotatable bonds is 5. The number of Topliss-reactive ketones (excluding diaryl/α,β-unsaturated/α-hetero) is 1. The fourth-order valence-electron chi connectivity index (χ4n) is 2.17. The molecule has 0 fully saturated rings. The number of nitrogens with two attached hydrogens (primary N) is 1. The van der Waals surface area contributed by atoms with Crippen LogP contribution in [0.25, 0.3) is 10.8 Å². The van der Waals surface area contributed by atoms with Crippen LogP contribution in [-0.2, 0) is 0 Å². The van der Waals surface area contributed by atoms with Gasteiger partial charge < -0.3 is 10.5 Å². The summed E-state index contributed by atoms with van der Waals surface area (Å²) in [6.45, 7) is 2.46. The molecule has 19 heavy (non-hydrogen) atoms. The lowest BCUT2D eigenvalue weighted by atomic mass is 9.95. The highest BCUT2D eigenvalue weighted by Gasteiger charge is 2.14. The molecule has 1 atom stereocenters. The van der Waals surface area contributed by atoms with Crippen molar-refractivity contribution >= 4 is 16.6 Å². The van der Waals surface area contributed by atoms with E-state index in [4.69, 9.17) is 10.5 Å². The number of ketones is 1. The Bertz CT molecular complexity index is 592. The summed E-state index contributed by atoms with van der Waals surface area (Å²) in [4.78, 5) is 12.2. The Hall–Kier alpha value is -1.87. The van der Waals surface area contributed by atoms with E-state index in [2.05, 4.69) is 0 Å². The topological polar surface area (TPSA) is 52.3 Å². The molecule has 2 aromatic rings. The minimum atomic E-state index is -0.0271. The van der Waals surface area contributed by atoms with Gasteiger partial charge in [-0.2, -0.15) is 0 Å². The molecule has 0 amide bonds. The second-order valence-corrected chi connectivity index (χ2v) is 4.77. The number of hydrogen-bond donors (Lipinski definition) is 1. The molecule has 0 spiro atoms. The molecule has 0 aromatic heterocycles. The van der Waals surface area contributed by atoms with Gasteiger partial charge >= 0.3 is 0 Å². The van der Waals surface area contributed by atoms with Crippen molar-refractivity contribution in [3.05, 3.63) is 42.0 Å². The maximum atomic E-state index is 12.2. The third-order valence-corrected chi connectivity index (χ3v) is 3.38. The normalized spacial score (nSPS) is 12.4. The number of benzene rings is 2. The predicted molar refractivity (Wildman–Crippen MR) is 77.7 cm³/mol. The minimum absolute atomic E-state index is 0.0271. The van der Waals surface area contributed by atoms with Crippen molar-refractivity contribution in [2.24, 2.45) is 11.7 Å². The highest BCUT2D eigenvalue weighted by molar-refractivity contribution is 6.01. The third kappa shape index (κ3) is 2.93. The van der Waals surface area contributed by atoms with Crippen molar-refractivity contribution in [2.75, 3.05) is 13.7 Å². The minimum Gasteiger partial charge on any atom is -0.497 e. The molecule has 0 saturated heterocycles. The van der Waals surface area contributed by atoms with E-state index in [-0.39, 0.29) is 11.7 Å². The summed E-state index contributed by atoms with van der Waals surface area (Å²) in [7, 11) is 1.65. The standard InChI is InChI=1S/C16H19NO2/c1-11(7-8-17)16(18)14-4-3-13-10-15(19-2)6-5-12(13)9-14/h3-6,9-11H,7-8,17H2,1-2H3. The van der Waals surface area contributed by atoms with E-state index in [1.807, 2.05) is 43.3 Å². The molecule has 0 radical (unpaired) electrons. The van der Waals surface area contributed by atoms with E-state index in [0.29, 0.717) is 6.54 Å². The highest BCUT2D eigenvalue weighted by atomic mass is 16.5. The second kappa shape index (κ2) is 5.85. The fraction of sp³-hybridized carbons (Fsp3) is 0.312. The number of fused-ring (bicyclic) bond motifs is 1. The highest BCUT2D eigenvalue weighted by Crippen LogP contribution is 2.23. The molecular formula is C16H19NO2. The van der Waals surface area contributed by atoms with E-state index in [1.165, 1.54) is 0 Å². The van der Waals surface area contributed by atoms with Crippen LogP contribution in [-0.4, -0.2) is 19.4 Å². The fourth-order valence-corrected chi connectivity index (χ4v) is 2.17. The Morgan fingerprint density at radius 1 is 1.21 bits per heavy atom. The maximum Gasteiger partial charge on any atom is 0.165 e. The molecule has 3 nitrogen and oxygen atoms in total. The molecule has 2 aromatic carbocycles. The summed E-state index contributed by atoms with van der Waals surface area (Å²) in [5, 5.41) is 2.12. The molecule has 0 saturated carbocycles. The molecule has 2 N–H and O–H groups in total. The van der Waals surface area contributed by atoms with Gasteiger partial charge in [0.15, 0.2) is 5.78 Å². The van der Waals surface area contributed by atoms with Crippen LogP contribution in [0.1, 0.15) is 23.7 Å². The second-order valence-electron chi connectivity index (χ2n) is 4.77. The number of hydrogen-bond acceptors (Lipinski definition) is 3.